The van der Waals surface area contributed by atoms with Crippen molar-refractivity contribution in [1.82, 2.24) is 0 Å². The molecule has 0 aromatic heterocycles. The first-order valence-corrected chi connectivity index (χ1v) is 9.97. The molecule has 0 saturated heterocycles. The Morgan fingerprint density at radius 3 is 2.63 bits per heavy atom. The Hall–Kier alpha value is -3.05. The predicted molar refractivity (Wildman–Crippen MR) is 92.0 cm³/mol. The first-order valence-electron chi connectivity index (χ1n) is 8.08. The van der Waals surface area contributed by atoms with E-state index >= 15 is 0 Å². The molecule has 0 fully saturated rings. The molecular formula is C19H14FNO5S. The summed E-state index contributed by atoms with van der Waals surface area (Å²) in [4.78, 5) is 0.100. The Balaban J connectivity index is 1.84. The quantitative estimate of drug-likeness (QED) is 0.801. The van der Waals surface area contributed by atoms with Gasteiger partial charge in [0.05, 0.1) is 22.1 Å². The van der Waals surface area contributed by atoms with Crippen molar-refractivity contribution in [3.63, 3.8) is 0 Å². The van der Waals surface area contributed by atoms with Crippen LogP contribution in [0.5, 0.6) is 11.5 Å². The predicted octanol–water partition coefficient (Wildman–Crippen LogP) is 3.51. The van der Waals surface area contributed by atoms with Gasteiger partial charge in [-0.1, -0.05) is 0 Å². The van der Waals surface area contributed by atoms with E-state index in [1.807, 2.05) is 6.07 Å². The molecule has 0 saturated carbocycles. The summed E-state index contributed by atoms with van der Waals surface area (Å²) in [5.74, 6) is -1.29. The van der Waals surface area contributed by atoms with Gasteiger partial charge in [0.2, 0.25) is 0 Å². The number of hydrogen-bond donors (Lipinski definition) is 0. The van der Waals surface area contributed by atoms with Crippen LogP contribution in [0.2, 0.25) is 0 Å². The molecule has 4 rings (SSSR count). The van der Waals surface area contributed by atoms with Crippen LogP contribution in [0.25, 0.3) is 0 Å². The summed E-state index contributed by atoms with van der Waals surface area (Å²) < 4.78 is 55.2. The average molecular weight is 387 g/mol. The summed E-state index contributed by atoms with van der Waals surface area (Å²) >= 11 is 0. The van der Waals surface area contributed by atoms with Crippen LogP contribution in [-0.2, 0) is 31.5 Å². The molecule has 0 radical (unpaired) electrons. The zero-order chi connectivity index (χ0) is 19.2. The zero-order valence-electron chi connectivity index (χ0n) is 14.2. The third-order valence-corrected chi connectivity index (χ3v) is 5.66. The molecule has 0 N–H and O–H groups in total. The van der Waals surface area contributed by atoms with E-state index in [-0.39, 0.29) is 16.2 Å². The molecule has 8 heteroatoms. The van der Waals surface area contributed by atoms with Gasteiger partial charge in [-0.2, -0.15) is 5.26 Å². The van der Waals surface area contributed by atoms with Crippen LogP contribution >= 0.6 is 0 Å². The van der Waals surface area contributed by atoms with E-state index in [1.165, 1.54) is 30.7 Å². The van der Waals surface area contributed by atoms with Crippen molar-refractivity contribution in [2.24, 2.45) is 0 Å². The van der Waals surface area contributed by atoms with Crippen molar-refractivity contribution in [2.45, 2.75) is 23.5 Å². The molecule has 2 aromatic carbocycles. The number of hydrogen-bond acceptors (Lipinski definition) is 6. The van der Waals surface area contributed by atoms with Gasteiger partial charge in [0, 0.05) is 24.3 Å². The van der Waals surface area contributed by atoms with Gasteiger partial charge in [-0.05, 0) is 30.7 Å². The second-order valence-corrected chi connectivity index (χ2v) is 8.32. The van der Waals surface area contributed by atoms with Crippen molar-refractivity contribution in [1.29, 1.82) is 5.26 Å². The van der Waals surface area contributed by atoms with E-state index in [1.54, 1.807) is 0 Å². The van der Waals surface area contributed by atoms with E-state index in [0.29, 0.717) is 29.7 Å². The topological polar surface area (TPSA) is 85.6 Å². The van der Waals surface area contributed by atoms with Crippen molar-refractivity contribution in [3.8, 4) is 17.6 Å². The molecule has 1 spiro atoms. The molecule has 2 aromatic rings. The number of halogens is 1. The van der Waals surface area contributed by atoms with Crippen LogP contribution in [0.4, 0.5) is 4.39 Å². The van der Waals surface area contributed by atoms with E-state index in [9.17, 15) is 12.8 Å². The van der Waals surface area contributed by atoms with Crippen LogP contribution < -0.4 is 4.74 Å². The highest BCUT2D eigenvalue weighted by molar-refractivity contribution is 7.90. The molecule has 1 heterocycles. The highest BCUT2D eigenvalue weighted by Gasteiger charge is 2.48. The highest BCUT2D eigenvalue weighted by Crippen LogP contribution is 2.50. The summed E-state index contributed by atoms with van der Waals surface area (Å²) in [5, 5.41) is 8.99. The minimum atomic E-state index is -3.54. The summed E-state index contributed by atoms with van der Waals surface area (Å²) in [6.07, 6.45) is 4.73. The lowest BCUT2D eigenvalue weighted by Gasteiger charge is -2.25. The smallest absolute Gasteiger partial charge is 0.278 e. The van der Waals surface area contributed by atoms with Crippen molar-refractivity contribution in [2.75, 3.05) is 6.26 Å². The van der Waals surface area contributed by atoms with Crippen LogP contribution in [0.1, 0.15) is 23.1 Å². The average Bonchev–Trinajstić information content (AvgIpc) is 3.23. The molecule has 0 bridgehead atoms. The molecule has 0 amide bonds. The number of nitriles is 1. The Bertz CT molecular complexity index is 1110. The van der Waals surface area contributed by atoms with Crippen LogP contribution in [0.15, 0.2) is 47.8 Å². The Morgan fingerprint density at radius 1 is 1.22 bits per heavy atom. The van der Waals surface area contributed by atoms with Gasteiger partial charge in [-0.15, -0.1) is 0 Å². The lowest BCUT2D eigenvalue weighted by molar-refractivity contribution is -0.148. The Kier molecular flexibility index (Phi) is 3.86. The van der Waals surface area contributed by atoms with Gasteiger partial charge in [-0.3, -0.25) is 0 Å². The van der Waals surface area contributed by atoms with Gasteiger partial charge < -0.3 is 14.2 Å². The Morgan fingerprint density at radius 2 is 1.96 bits per heavy atom. The maximum Gasteiger partial charge on any atom is 0.278 e. The lowest BCUT2D eigenvalue weighted by Crippen LogP contribution is -2.25. The summed E-state index contributed by atoms with van der Waals surface area (Å²) in [5.41, 5.74) is 1.13. The fourth-order valence-corrected chi connectivity index (χ4v) is 4.41. The molecule has 2 aliphatic rings. The van der Waals surface area contributed by atoms with Gasteiger partial charge >= 0.3 is 0 Å². The number of nitrogens with zero attached hydrogens (tertiary/aromatic N) is 1. The number of fused-ring (bicyclic) bond motifs is 2. The maximum absolute atomic E-state index is 13.7. The van der Waals surface area contributed by atoms with Crippen molar-refractivity contribution in [3.05, 3.63) is 65.4 Å². The molecule has 6 nitrogen and oxygen atoms in total. The fourth-order valence-electron chi connectivity index (χ4n) is 3.44. The largest absolute Gasteiger partial charge is 0.457 e. The van der Waals surface area contributed by atoms with Crippen LogP contribution in [0.3, 0.4) is 0 Å². The first kappa shape index (κ1) is 17.4. The summed E-state index contributed by atoms with van der Waals surface area (Å²) in [6, 6.07) is 8.48. The standard InChI is InChI=1S/C19H14FNO5S/c1-27(22,23)17-3-2-16(26-14-9-12(11-21)8-13(20)10-14)15-4-5-19(18(15)17)24-6-7-25-19/h2-3,6-10H,4-5H2,1H3. The molecule has 1 aliphatic carbocycles. The highest BCUT2D eigenvalue weighted by atomic mass is 32.2. The van der Waals surface area contributed by atoms with Gasteiger partial charge in [0.25, 0.3) is 5.79 Å². The molecule has 0 unspecified atom stereocenters. The Labute approximate surface area is 155 Å². The van der Waals surface area contributed by atoms with Crippen LogP contribution in [0, 0.1) is 17.1 Å². The molecule has 27 heavy (non-hydrogen) atoms. The maximum atomic E-state index is 13.7. The minimum absolute atomic E-state index is 0.100. The fraction of sp³-hybridized carbons (Fsp3) is 0.211. The van der Waals surface area contributed by atoms with Gasteiger partial charge in [0.15, 0.2) is 9.84 Å². The second kappa shape index (κ2) is 5.99. The molecule has 138 valence electrons. The summed E-state index contributed by atoms with van der Waals surface area (Å²) in [6.45, 7) is 0. The SMILES string of the molecule is CS(=O)(=O)c1ccc(Oc2cc(F)cc(C#N)c2)c2c1C1(CC2)OC=CO1. The number of benzene rings is 2. The van der Waals surface area contributed by atoms with Crippen molar-refractivity contribution >= 4 is 9.84 Å². The van der Waals surface area contributed by atoms with E-state index in [4.69, 9.17) is 19.5 Å². The van der Waals surface area contributed by atoms with E-state index < -0.39 is 21.4 Å². The second-order valence-electron chi connectivity index (χ2n) is 6.34. The normalized spacial score (nSPS) is 16.5. The third kappa shape index (κ3) is 2.90. The van der Waals surface area contributed by atoms with E-state index in [0.717, 1.165) is 18.4 Å². The number of ether oxygens (including phenoxy) is 3. The lowest BCUT2D eigenvalue weighted by atomic mass is 10.1. The number of rotatable bonds is 3. The molecule has 0 atom stereocenters. The first-order chi connectivity index (χ1) is 12.8. The number of sulfone groups is 1. The molecule has 1 aliphatic heterocycles. The van der Waals surface area contributed by atoms with Gasteiger partial charge in [0.1, 0.15) is 29.8 Å². The van der Waals surface area contributed by atoms with Crippen molar-refractivity contribution < 1.29 is 27.0 Å². The zero-order valence-corrected chi connectivity index (χ0v) is 15.0. The summed E-state index contributed by atoms with van der Waals surface area (Å²) in [7, 11) is -3.54. The minimum Gasteiger partial charge on any atom is -0.457 e. The van der Waals surface area contributed by atoms with Gasteiger partial charge in [-0.25, -0.2) is 12.8 Å². The monoisotopic (exact) mass is 387 g/mol. The van der Waals surface area contributed by atoms with E-state index in [2.05, 4.69) is 0 Å². The van der Waals surface area contributed by atoms with Crippen LogP contribution in [-0.4, -0.2) is 14.7 Å². The third-order valence-electron chi connectivity index (χ3n) is 4.52. The molecular weight excluding hydrogens is 373 g/mol.